The van der Waals surface area contributed by atoms with Gasteiger partial charge in [0.25, 0.3) is 0 Å². The van der Waals surface area contributed by atoms with Crippen LogP contribution in [-0.4, -0.2) is 24.5 Å². The van der Waals surface area contributed by atoms with Crippen LogP contribution in [0.3, 0.4) is 0 Å². The third kappa shape index (κ3) is 2.70. The largest absolute Gasteiger partial charge is 0.303 e. The molecule has 1 nitrogen and oxygen atoms in total. The van der Waals surface area contributed by atoms with E-state index in [9.17, 15) is 0 Å². The van der Waals surface area contributed by atoms with E-state index < -0.39 is 0 Å². The van der Waals surface area contributed by atoms with Gasteiger partial charge in [0.1, 0.15) is 0 Å². The molecule has 0 saturated carbocycles. The van der Waals surface area contributed by atoms with Crippen molar-refractivity contribution < 1.29 is 0 Å². The Morgan fingerprint density at radius 1 is 1.50 bits per heavy atom. The van der Waals surface area contributed by atoms with Crippen molar-refractivity contribution in [3.05, 3.63) is 6.42 Å². The molecule has 1 saturated heterocycles. The summed E-state index contributed by atoms with van der Waals surface area (Å²) in [7, 11) is 0. The third-order valence-electron chi connectivity index (χ3n) is 2.10. The zero-order chi connectivity index (χ0) is 7.23. The molecule has 1 heterocycles. The van der Waals surface area contributed by atoms with E-state index in [4.69, 9.17) is 0 Å². The highest BCUT2D eigenvalue weighted by molar-refractivity contribution is 4.77. The van der Waals surface area contributed by atoms with Crippen molar-refractivity contribution in [2.75, 3.05) is 19.6 Å². The van der Waals surface area contributed by atoms with Crippen LogP contribution in [0.15, 0.2) is 0 Å². The summed E-state index contributed by atoms with van der Waals surface area (Å²) < 4.78 is 0. The molecule has 0 aromatic rings. The fraction of sp³-hybridized carbons (Fsp3) is 0.889. The van der Waals surface area contributed by atoms with Gasteiger partial charge >= 0.3 is 0 Å². The fourth-order valence-corrected chi connectivity index (χ4v) is 1.41. The first-order valence-electron chi connectivity index (χ1n) is 4.47. The van der Waals surface area contributed by atoms with Gasteiger partial charge in [-0.25, -0.2) is 0 Å². The second kappa shape index (κ2) is 4.73. The molecule has 0 unspecified atom stereocenters. The van der Waals surface area contributed by atoms with E-state index in [1.165, 1.54) is 45.3 Å². The van der Waals surface area contributed by atoms with Crippen LogP contribution in [0.5, 0.6) is 0 Å². The topological polar surface area (TPSA) is 3.24 Å². The van der Waals surface area contributed by atoms with Gasteiger partial charge in [-0.1, -0.05) is 13.3 Å². The molecule has 0 aromatic carbocycles. The predicted octanol–water partition coefficient (Wildman–Crippen LogP) is 2.09. The van der Waals surface area contributed by atoms with Crippen LogP contribution < -0.4 is 0 Å². The fourth-order valence-electron chi connectivity index (χ4n) is 1.41. The zero-order valence-electron chi connectivity index (χ0n) is 6.97. The summed E-state index contributed by atoms with van der Waals surface area (Å²) in [5.74, 6) is 0. The Hall–Kier alpha value is -0.0400. The second-order valence-corrected chi connectivity index (χ2v) is 3.09. The molecule has 1 heteroatoms. The summed E-state index contributed by atoms with van der Waals surface area (Å²) in [6, 6.07) is 0. The Labute approximate surface area is 64.4 Å². The molecule has 59 valence electrons. The van der Waals surface area contributed by atoms with Crippen LogP contribution >= 0.6 is 0 Å². The molecule has 1 fully saturated rings. The summed E-state index contributed by atoms with van der Waals surface area (Å²) in [5.41, 5.74) is 0. The Bertz CT molecular complexity index is 74.8. The van der Waals surface area contributed by atoms with Gasteiger partial charge < -0.3 is 4.90 Å². The van der Waals surface area contributed by atoms with Gasteiger partial charge in [0.05, 0.1) is 0 Å². The Balaban J connectivity index is 2.02. The van der Waals surface area contributed by atoms with Gasteiger partial charge in [0.2, 0.25) is 0 Å². The number of piperidine rings is 1. The summed E-state index contributed by atoms with van der Waals surface area (Å²) in [6.45, 7) is 6.14. The number of unbranched alkanes of at least 4 members (excludes halogenated alkanes) is 1. The minimum Gasteiger partial charge on any atom is -0.303 e. The van der Waals surface area contributed by atoms with E-state index in [0.29, 0.717) is 0 Å². The normalized spacial score (nSPS) is 21.3. The quantitative estimate of drug-likeness (QED) is 0.580. The first kappa shape index (κ1) is 8.06. The molecule has 10 heavy (non-hydrogen) atoms. The zero-order valence-corrected chi connectivity index (χ0v) is 6.97. The maximum atomic E-state index is 2.55. The molecule has 0 atom stereocenters. The molecule has 0 spiro atoms. The van der Waals surface area contributed by atoms with Crippen LogP contribution in [0.2, 0.25) is 0 Å². The van der Waals surface area contributed by atoms with Crippen LogP contribution in [0.25, 0.3) is 0 Å². The van der Waals surface area contributed by atoms with Crippen molar-refractivity contribution in [1.29, 1.82) is 0 Å². The highest BCUT2D eigenvalue weighted by Crippen LogP contribution is 2.07. The number of hydrogen-bond acceptors (Lipinski definition) is 1. The van der Waals surface area contributed by atoms with Gasteiger partial charge in [-0.2, -0.15) is 0 Å². The minimum absolute atomic E-state index is 1.24. The van der Waals surface area contributed by atoms with E-state index in [-0.39, 0.29) is 0 Å². The number of nitrogens with zero attached hydrogens (tertiary/aromatic N) is 1. The standard InChI is InChI=1S/C9H18N/c1-2-3-7-10-8-5-4-6-9-10/h5H,2-4,6-9H2,1H3. The lowest BCUT2D eigenvalue weighted by molar-refractivity contribution is 0.259. The van der Waals surface area contributed by atoms with Crippen molar-refractivity contribution in [2.24, 2.45) is 0 Å². The average Bonchev–Trinajstić information content (AvgIpc) is 2.03. The maximum Gasteiger partial charge on any atom is 0.00128 e. The third-order valence-corrected chi connectivity index (χ3v) is 2.10. The van der Waals surface area contributed by atoms with Crippen molar-refractivity contribution in [2.45, 2.75) is 32.6 Å². The lowest BCUT2D eigenvalue weighted by Crippen LogP contribution is -2.30. The number of rotatable bonds is 3. The second-order valence-electron chi connectivity index (χ2n) is 3.09. The summed E-state index contributed by atoms with van der Waals surface area (Å²) >= 11 is 0. The number of likely N-dealkylation sites (tertiary alicyclic amines) is 1. The lowest BCUT2D eigenvalue weighted by atomic mass is 10.1. The van der Waals surface area contributed by atoms with E-state index in [1.807, 2.05) is 0 Å². The molecule has 1 rings (SSSR count). The van der Waals surface area contributed by atoms with Crippen LogP contribution in [0.1, 0.15) is 32.6 Å². The van der Waals surface area contributed by atoms with Crippen molar-refractivity contribution in [1.82, 2.24) is 4.90 Å². The molecule has 0 aliphatic carbocycles. The molecular formula is C9H18N. The smallest absolute Gasteiger partial charge is 0.00128 e. The Morgan fingerprint density at radius 2 is 2.40 bits per heavy atom. The van der Waals surface area contributed by atoms with Gasteiger partial charge in [-0.05, 0) is 38.8 Å². The van der Waals surface area contributed by atoms with E-state index in [0.717, 1.165) is 0 Å². The molecule has 1 aliphatic heterocycles. The van der Waals surface area contributed by atoms with Crippen molar-refractivity contribution in [3.8, 4) is 0 Å². The molecule has 1 aliphatic rings. The highest BCUT2D eigenvalue weighted by atomic mass is 15.1. The lowest BCUT2D eigenvalue weighted by Gasteiger charge is -2.25. The Kier molecular flexibility index (Phi) is 3.81. The number of hydrogen-bond donors (Lipinski definition) is 0. The SMILES string of the molecule is CCCCN1C[CH]CCC1. The maximum absolute atomic E-state index is 2.55. The first-order chi connectivity index (χ1) is 4.93. The molecular weight excluding hydrogens is 122 g/mol. The van der Waals surface area contributed by atoms with Crippen LogP contribution in [-0.2, 0) is 0 Å². The predicted molar refractivity (Wildman–Crippen MR) is 44.9 cm³/mol. The van der Waals surface area contributed by atoms with Gasteiger partial charge in [-0.3, -0.25) is 0 Å². The minimum atomic E-state index is 1.24. The highest BCUT2D eigenvalue weighted by Gasteiger charge is 2.07. The van der Waals surface area contributed by atoms with Crippen molar-refractivity contribution >= 4 is 0 Å². The van der Waals surface area contributed by atoms with Crippen molar-refractivity contribution in [3.63, 3.8) is 0 Å². The van der Waals surface area contributed by atoms with E-state index >= 15 is 0 Å². The summed E-state index contributed by atoms with van der Waals surface area (Å²) in [4.78, 5) is 2.55. The molecule has 0 amide bonds. The van der Waals surface area contributed by atoms with E-state index in [1.54, 1.807) is 0 Å². The van der Waals surface area contributed by atoms with Gasteiger partial charge in [-0.15, -0.1) is 0 Å². The average molecular weight is 140 g/mol. The summed E-state index contributed by atoms with van der Waals surface area (Å²) in [5, 5.41) is 0. The van der Waals surface area contributed by atoms with Crippen LogP contribution in [0.4, 0.5) is 0 Å². The molecule has 0 N–H and O–H groups in total. The first-order valence-corrected chi connectivity index (χ1v) is 4.47. The van der Waals surface area contributed by atoms with E-state index in [2.05, 4.69) is 18.2 Å². The van der Waals surface area contributed by atoms with Gasteiger partial charge in [0.15, 0.2) is 0 Å². The van der Waals surface area contributed by atoms with Gasteiger partial charge in [0, 0.05) is 6.54 Å². The monoisotopic (exact) mass is 140 g/mol. The summed E-state index contributed by atoms with van der Waals surface area (Å²) in [6.07, 6.45) is 7.82. The Morgan fingerprint density at radius 3 is 3.00 bits per heavy atom. The molecule has 1 radical (unpaired) electrons. The van der Waals surface area contributed by atoms with Crippen LogP contribution in [0, 0.1) is 6.42 Å². The molecule has 0 aromatic heterocycles. The molecule has 0 bridgehead atoms.